The first-order chi connectivity index (χ1) is 9.50. The fourth-order valence-corrected chi connectivity index (χ4v) is 0.583. The Bertz CT molecular complexity index is 221. The van der Waals surface area contributed by atoms with E-state index in [-0.39, 0.29) is 13.2 Å². The zero-order chi connectivity index (χ0) is 17.8. The van der Waals surface area contributed by atoms with Gasteiger partial charge in [0.15, 0.2) is 0 Å². The molecule has 15 nitrogen and oxygen atoms in total. The molecule has 0 fully saturated rings. The number of rotatable bonds is 5. The van der Waals surface area contributed by atoms with Crippen molar-refractivity contribution in [2.75, 3.05) is 13.2 Å². The topological polar surface area (TPSA) is 251 Å². The van der Waals surface area contributed by atoms with Crippen molar-refractivity contribution in [1.29, 1.82) is 0 Å². The SMILES string of the molecule is O=[N+]([O-])O.O=[N+]([O-])O.O=[N+]([O-])O.OCCCCC(O)CO. The molecule has 1 unspecified atom stereocenters. The summed E-state index contributed by atoms with van der Waals surface area (Å²) in [6.45, 7) is -0.0103. The van der Waals surface area contributed by atoms with Crippen molar-refractivity contribution in [3.8, 4) is 0 Å². The van der Waals surface area contributed by atoms with E-state index in [4.69, 9.17) is 61.3 Å². The summed E-state index contributed by atoms with van der Waals surface area (Å²) in [5.74, 6) is 0. The number of hydrogen-bond acceptors (Lipinski definition) is 9. The quantitative estimate of drug-likeness (QED) is 0.191. The second-order valence-corrected chi connectivity index (χ2v) is 2.77. The van der Waals surface area contributed by atoms with Crippen molar-refractivity contribution >= 4 is 0 Å². The van der Waals surface area contributed by atoms with Crippen LogP contribution in [0, 0.1) is 30.3 Å². The van der Waals surface area contributed by atoms with Crippen LogP contribution in [0.1, 0.15) is 19.3 Å². The van der Waals surface area contributed by atoms with Crippen LogP contribution in [0.25, 0.3) is 0 Å². The van der Waals surface area contributed by atoms with Gasteiger partial charge in [-0.05, 0) is 19.3 Å². The Balaban J connectivity index is -0.000000102. The lowest BCUT2D eigenvalue weighted by Gasteiger charge is -2.03. The molecular weight excluding hydrogens is 306 g/mol. The molecule has 0 aromatic carbocycles. The van der Waals surface area contributed by atoms with Crippen LogP contribution in [-0.4, -0.2) is 65.5 Å². The van der Waals surface area contributed by atoms with Crippen LogP contribution in [0.15, 0.2) is 0 Å². The molecule has 0 bridgehead atoms. The molecular formula is C6H17N3O12. The van der Waals surface area contributed by atoms with Gasteiger partial charge >= 0.3 is 0 Å². The third kappa shape index (κ3) is 209. The fraction of sp³-hybridized carbons (Fsp3) is 1.00. The molecule has 0 aliphatic carbocycles. The standard InChI is InChI=1S/C6H14O3.3HNO3/c7-4-2-1-3-6(9)5-8;3*2-1(3)4/h6-9H,1-5H2;3*(H,2,3,4). The molecule has 1 atom stereocenters. The van der Waals surface area contributed by atoms with Crippen molar-refractivity contribution in [2.45, 2.75) is 25.4 Å². The molecule has 0 rings (SSSR count). The molecule has 0 aliphatic heterocycles. The maximum atomic E-state index is 8.75. The van der Waals surface area contributed by atoms with Gasteiger partial charge in [0.1, 0.15) is 0 Å². The maximum absolute atomic E-state index is 8.75. The van der Waals surface area contributed by atoms with E-state index in [0.29, 0.717) is 12.8 Å². The molecule has 0 aliphatic rings. The Kier molecular flexibility index (Phi) is 29.0. The Morgan fingerprint density at radius 1 is 0.810 bits per heavy atom. The Morgan fingerprint density at radius 2 is 1.10 bits per heavy atom. The summed E-state index contributed by atoms with van der Waals surface area (Å²) < 4.78 is 0. The Hall–Kier alpha value is -2.52. The number of unbranched alkanes of at least 4 members (excludes halogenated alkanes) is 1. The van der Waals surface area contributed by atoms with Crippen LogP contribution in [0.2, 0.25) is 0 Å². The average molecular weight is 323 g/mol. The summed E-state index contributed by atoms with van der Waals surface area (Å²) in [7, 11) is 0. The highest BCUT2D eigenvalue weighted by molar-refractivity contribution is 4.51. The van der Waals surface area contributed by atoms with Crippen LogP contribution in [-0.2, 0) is 0 Å². The highest BCUT2D eigenvalue weighted by Gasteiger charge is 1.99. The second-order valence-electron chi connectivity index (χ2n) is 2.77. The summed E-state index contributed by atoms with van der Waals surface area (Å²) in [6.07, 6.45) is 1.46. The van der Waals surface area contributed by atoms with E-state index in [1.807, 2.05) is 0 Å². The first kappa shape index (κ1) is 26.9. The molecule has 0 heterocycles. The van der Waals surface area contributed by atoms with Crippen molar-refractivity contribution in [1.82, 2.24) is 0 Å². The van der Waals surface area contributed by atoms with Gasteiger partial charge in [0.05, 0.1) is 12.7 Å². The minimum Gasteiger partial charge on any atom is -0.396 e. The summed E-state index contributed by atoms with van der Waals surface area (Å²) in [6, 6.07) is 0. The normalized spacial score (nSPS) is 9.29. The van der Waals surface area contributed by atoms with E-state index >= 15 is 0 Å². The van der Waals surface area contributed by atoms with Gasteiger partial charge in [-0.2, -0.15) is 0 Å². The van der Waals surface area contributed by atoms with Gasteiger partial charge in [-0.25, -0.2) is 0 Å². The zero-order valence-corrected chi connectivity index (χ0v) is 10.6. The molecule has 21 heavy (non-hydrogen) atoms. The second kappa shape index (κ2) is 22.6. The lowest BCUT2D eigenvalue weighted by Crippen LogP contribution is -2.11. The predicted octanol–water partition coefficient (Wildman–Crippen LogP) is -1.54. The van der Waals surface area contributed by atoms with Crippen molar-refractivity contribution in [3.05, 3.63) is 30.3 Å². The number of hydrogen-bond donors (Lipinski definition) is 6. The van der Waals surface area contributed by atoms with E-state index in [1.165, 1.54) is 0 Å². The van der Waals surface area contributed by atoms with Crippen LogP contribution >= 0.6 is 0 Å². The van der Waals surface area contributed by atoms with Crippen LogP contribution in [0.5, 0.6) is 0 Å². The van der Waals surface area contributed by atoms with E-state index < -0.39 is 21.4 Å². The Labute approximate surface area is 116 Å². The summed E-state index contributed by atoms with van der Waals surface area (Å²) >= 11 is 0. The number of nitrogens with zero attached hydrogens (tertiary/aromatic N) is 3. The van der Waals surface area contributed by atoms with Gasteiger partial charge in [0, 0.05) is 6.61 Å². The maximum Gasteiger partial charge on any atom is 0.291 e. The minimum atomic E-state index is -1.50. The largest absolute Gasteiger partial charge is 0.396 e. The van der Waals surface area contributed by atoms with Crippen molar-refractivity contribution in [3.63, 3.8) is 0 Å². The molecule has 0 amide bonds. The zero-order valence-electron chi connectivity index (χ0n) is 10.6. The molecule has 0 saturated carbocycles. The lowest BCUT2D eigenvalue weighted by molar-refractivity contribution is -0.742. The highest BCUT2D eigenvalue weighted by atomic mass is 16.9. The number of aliphatic hydroxyl groups is 3. The van der Waals surface area contributed by atoms with Crippen molar-refractivity contribution in [2.24, 2.45) is 0 Å². The fourth-order valence-electron chi connectivity index (χ4n) is 0.583. The smallest absolute Gasteiger partial charge is 0.291 e. The highest BCUT2D eigenvalue weighted by Crippen LogP contribution is 1.98. The molecule has 128 valence electrons. The lowest BCUT2D eigenvalue weighted by atomic mass is 10.2. The summed E-state index contributed by atoms with van der Waals surface area (Å²) in [5.41, 5.74) is 0. The third-order valence-corrected chi connectivity index (χ3v) is 1.16. The van der Waals surface area contributed by atoms with Gasteiger partial charge in [0.2, 0.25) is 0 Å². The predicted molar refractivity (Wildman–Crippen MR) is 60.4 cm³/mol. The summed E-state index contributed by atoms with van der Waals surface area (Å²) in [4.78, 5) is 25.1. The number of aliphatic hydroxyl groups excluding tert-OH is 3. The average Bonchev–Trinajstić information content (AvgIpc) is 2.26. The Morgan fingerprint density at radius 3 is 1.29 bits per heavy atom. The van der Waals surface area contributed by atoms with E-state index in [0.717, 1.165) is 6.42 Å². The van der Waals surface area contributed by atoms with E-state index in [1.54, 1.807) is 0 Å². The molecule has 6 N–H and O–H groups in total. The summed E-state index contributed by atoms with van der Waals surface area (Å²) in [5, 5.41) is 66.3. The monoisotopic (exact) mass is 323 g/mol. The van der Waals surface area contributed by atoms with Crippen LogP contribution in [0.3, 0.4) is 0 Å². The van der Waals surface area contributed by atoms with Gasteiger partial charge < -0.3 is 30.9 Å². The van der Waals surface area contributed by atoms with Crippen LogP contribution in [0.4, 0.5) is 0 Å². The van der Waals surface area contributed by atoms with Crippen LogP contribution < -0.4 is 0 Å². The molecule has 0 spiro atoms. The molecule has 15 heteroatoms. The van der Waals surface area contributed by atoms with E-state index in [2.05, 4.69) is 0 Å². The molecule has 0 aromatic rings. The first-order valence-corrected chi connectivity index (χ1v) is 4.90. The minimum absolute atomic E-state index is 0.165. The van der Waals surface area contributed by atoms with Gasteiger partial charge in [-0.3, -0.25) is 0 Å². The van der Waals surface area contributed by atoms with Gasteiger partial charge in [0.25, 0.3) is 15.3 Å². The third-order valence-electron chi connectivity index (χ3n) is 1.16. The van der Waals surface area contributed by atoms with E-state index in [9.17, 15) is 0 Å². The molecule has 0 aromatic heterocycles. The first-order valence-electron chi connectivity index (χ1n) is 4.90. The van der Waals surface area contributed by atoms with Crippen molar-refractivity contribution < 1.29 is 46.2 Å². The molecule has 0 saturated heterocycles. The molecule has 0 radical (unpaired) electrons. The van der Waals surface area contributed by atoms with Gasteiger partial charge in [-0.15, -0.1) is 30.3 Å². The van der Waals surface area contributed by atoms with Gasteiger partial charge in [-0.1, -0.05) is 0 Å².